The number of benzene rings is 1. The molecule has 0 radical (unpaired) electrons. The number of aromatic nitrogens is 2. The summed E-state index contributed by atoms with van der Waals surface area (Å²) in [5, 5.41) is 0. The summed E-state index contributed by atoms with van der Waals surface area (Å²) < 4.78 is 0. The third-order valence-corrected chi connectivity index (χ3v) is 5.53. The number of aryl methyl sites for hydroxylation is 1. The molecule has 3 rings (SSSR count). The Hall–Kier alpha value is -2.23. The lowest BCUT2D eigenvalue weighted by Crippen LogP contribution is -2.01. The second-order valence-corrected chi connectivity index (χ2v) is 9.48. The Kier molecular flexibility index (Phi) is 10.3. The molecule has 172 valence electrons. The first-order valence-electron chi connectivity index (χ1n) is 11.7. The Labute approximate surface area is 200 Å². The highest BCUT2D eigenvalue weighted by molar-refractivity contribution is 5.85. The van der Waals surface area contributed by atoms with Gasteiger partial charge in [0.05, 0.1) is 0 Å². The molecule has 0 spiro atoms. The maximum absolute atomic E-state index is 5.77. The Bertz CT molecular complexity index is 982. The first kappa shape index (κ1) is 26.0. The maximum atomic E-state index is 5.77. The number of unbranched alkanes of at least 4 members (excludes halogenated alkanes) is 1. The zero-order chi connectivity index (χ0) is 22.2. The molecule has 3 nitrogen and oxygen atoms in total. The van der Waals surface area contributed by atoms with Crippen LogP contribution in [0.2, 0.25) is 0 Å². The van der Waals surface area contributed by atoms with Crippen LogP contribution >= 0.6 is 12.4 Å². The fraction of sp³-hybridized carbons (Fsp3) is 0.429. The van der Waals surface area contributed by atoms with E-state index in [4.69, 9.17) is 5.73 Å². The predicted molar refractivity (Wildman–Crippen MR) is 139 cm³/mol. The normalized spacial score (nSPS) is 11.1. The molecular weight excluding hydrogens is 414 g/mol. The van der Waals surface area contributed by atoms with Gasteiger partial charge in [0.1, 0.15) is 0 Å². The van der Waals surface area contributed by atoms with E-state index in [-0.39, 0.29) is 12.4 Å². The van der Waals surface area contributed by atoms with Gasteiger partial charge in [-0.05, 0) is 90.4 Å². The van der Waals surface area contributed by atoms with E-state index >= 15 is 0 Å². The lowest BCUT2D eigenvalue weighted by atomic mass is 9.91. The van der Waals surface area contributed by atoms with Gasteiger partial charge in [-0.15, -0.1) is 12.4 Å². The fourth-order valence-corrected chi connectivity index (χ4v) is 4.17. The molecule has 0 unspecified atom stereocenters. The van der Waals surface area contributed by atoms with Crippen molar-refractivity contribution < 1.29 is 0 Å². The van der Waals surface area contributed by atoms with Crippen molar-refractivity contribution >= 4 is 12.4 Å². The van der Waals surface area contributed by atoms with Crippen molar-refractivity contribution in [1.29, 1.82) is 0 Å². The van der Waals surface area contributed by atoms with Crippen LogP contribution in [0.4, 0.5) is 0 Å². The van der Waals surface area contributed by atoms with Crippen LogP contribution in [-0.4, -0.2) is 16.5 Å². The summed E-state index contributed by atoms with van der Waals surface area (Å²) in [7, 11) is 0. The summed E-state index contributed by atoms with van der Waals surface area (Å²) in [4.78, 5) is 9.05. The number of hydrogen-bond donors (Lipinski definition) is 1. The quantitative estimate of drug-likeness (QED) is 0.340. The van der Waals surface area contributed by atoms with Gasteiger partial charge < -0.3 is 5.73 Å². The van der Waals surface area contributed by atoms with E-state index in [2.05, 4.69) is 68.0 Å². The molecule has 0 saturated heterocycles. The van der Waals surface area contributed by atoms with Crippen molar-refractivity contribution in [2.45, 2.75) is 59.8 Å². The van der Waals surface area contributed by atoms with Crippen molar-refractivity contribution in [3.8, 4) is 22.3 Å². The van der Waals surface area contributed by atoms with Crippen molar-refractivity contribution in [3.05, 3.63) is 71.8 Å². The summed E-state index contributed by atoms with van der Waals surface area (Å²) in [5.41, 5.74) is 14.6. The topological polar surface area (TPSA) is 51.8 Å². The van der Waals surface area contributed by atoms with Gasteiger partial charge in [-0.25, -0.2) is 0 Å². The van der Waals surface area contributed by atoms with E-state index in [0.29, 0.717) is 11.8 Å². The maximum Gasteiger partial charge on any atom is 0.0346 e. The highest BCUT2D eigenvalue weighted by atomic mass is 35.5. The van der Waals surface area contributed by atoms with Crippen LogP contribution in [0.25, 0.3) is 22.3 Å². The summed E-state index contributed by atoms with van der Waals surface area (Å²) in [6.07, 6.45) is 13.2. The number of pyridine rings is 2. The zero-order valence-electron chi connectivity index (χ0n) is 20.0. The summed E-state index contributed by atoms with van der Waals surface area (Å²) in [6, 6.07) is 11.4. The summed E-state index contributed by atoms with van der Waals surface area (Å²) >= 11 is 0. The van der Waals surface area contributed by atoms with Crippen LogP contribution in [0.1, 0.15) is 57.2 Å². The Balaban J connectivity index is 0.00000363. The van der Waals surface area contributed by atoms with Gasteiger partial charge in [-0.1, -0.05) is 45.9 Å². The standard InChI is InChI=1S/C28H37N3.ClH/c1-20(2)11-22-13-26(18-30-16-22)24-8-9-28(25(15-24)7-5-6-10-29)27-14-23(12-21(3)4)17-31-19-27;/h8-9,13-21H,5-7,10-12,29H2,1-4H3;1H. The largest absolute Gasteiger partial charge is 0.330 e. The summed E-state index contributed by atoms with van der Waals surface area (Å²) in [6.45, 7) is 9.74. The number of nitrogens with zero attached hydrogens (tertiary/aromatic N) is 2. The van der Waals surface area contributed by atoms with E-state index in [9.17, 15) is 0 Å². The fourth-order valence-electron chi connectivity index (χ4n) is 4.17. The minimum Gasteiger partial charge on any atom is -0.330 e. The van der Waals surface area contributed by atoms with Gasteiger partial charge in [0.25, 0.3) is 0 Å². The molecule has 0 aliphatic heterocycles. The van der Waals surface area contributed by atoms with Crippen LogP contribution in [0.15, 0.2) is 55.1 Å². The Morgan fingerprint density at radius 2 is 1.31 bits per heavy atom. The molecule has 3 aromatic rings. The molecular formula is C28H38ClN3. The SMILES string of the molecule is CC(C)Cc1cncc(-c2ccc(-c3cncc(CC(C)C)c3)c(CCCCN)c2)c1.Cl. The molecule has 1 aromatic carbocycles. The molecule has 0 atom stereocenters. The van der Waals surface area contributed by atoms with Gasteiger partial charge in [0, 0.05) is 35.9 Å². The molecule has 0 aliphatic carbocycles. The molecule has 0 bridgehead atoms. The van der Waals surface area contributed by atoms with Gasteiger partial charge in [-0.3, -0.25) is 9.97 Å². The highest BCUT2D eigenvalue weighted by Gasteiger charge is 2.11. The van der Waals surface area contributed by atoms with Gasteiger partial charge in [0.15, 0.2) is 0 Å². The highest BCUT2D eigenvalue weighted by Crippen LogP contribution is 2.31. The first-order valence-corrected chi connectivity index (χ1v) is 11.7. The first-order chi connectivity index (χ1) is 15.0. The third kappa shape index (κ3) is 7.43. The molecule has 0 aliphatic rings. The van der Waals surface area contributed by atoms with Crippen molar-refractivity contribution in [1.82, 2.24) is 9.97 Å². The minimum atomic E-state index is 0. The number of halogens is 1. The molecule has 0 saturated carbocycles. The molecule has 32 heavy (non-hydrogen) atoms. The Morgan fingerprint density at radius 3 is 1.91 bits per heavy atom. The van der Waals surface area contributed by atoms with Crippen LogP contribution < -0.4 is 5.73 Å². The molecule has 2 aromatic heterocycles. The average Bonchev–Trinajstić information content (AvgIpc) is 2.73. The van der Waals surface area contributed by atoms with E-state index in [1.54, 1.807) is 0 Å². The van der Waals surface area contributed by atoms with Gasteiger partial charge in [0.2, 0.25) is 0 Å². The average molecular weight is 452 g/mol. The smallest absolute Gasteiger partial charge is 0.0346 e. The van der Waals surface area contributed by atoms with Crippen LogP contribution in [0.3, 0.4) is 0 Å². The second kappa shape index (κ2) is 12.7. The van der Waals surface area contributed by atoms with E-state index in [0.717, 1.165) is 38.6 Å². The zero-order valence-corrected chi connectivity index (χ0v) is 20.8. The van der Waals surface area contributed by atoms with Gasteiger partial charge in [-0.2, -0.15) is 0 Å². The molecule has 4 heteroatoms. The van der Waals surface area contributed by atoms with Crippen LogP contribution in [0, 0.1) is 11.8 Å². The number of nitrogens with two attached hydrogens (primary N) is 1. The lowest BCUT2D eigenvalue weighted by Gasteiger charge is -2.14. The molecule has 0 fully saturated rings. The lowest BCUT2D eigenvalue weighted by molar-refractivity contribution is 0.645. The third-order valence-electron chi connectivity index (χ3n) is 5.53. The van der Waals surface area contributed by atoms with Crippen molar-refractivity contribution in [3.63, 3.8) is 0 Å². The van der Waals surface area contributed by atoms with Crippen molar-refractivity contribution in [2.75, 3.05) is 6.54 Å². The number of hydrogen-bond acceptors (Lipinski definition) is 3. The van der Waals surface area contributed by atoms with Gasteiger partial charge >= 0.3 is 0 Å². The second-order valence-electron chi connectivity index (χ2n) is 9.48. The molecule has 0 amide bonds. The van der Waals surface area contributed by atoms with E-state index in [1.165, 1.54) is 38.9 Å². The minimum absolute atomic E-state index is 0. The van der Waals surface area contributed by atoms with Crippen molar-refractivity contribution in [2.24, 2.45) is 17.6 Å². The van der Waals surface area contributed by atoms with Crippen LogP contribution in [-0.2, 0) is 19.3 Å². The molecule has 2 heterocycles. The molecule has 2 N–H and O–H groups in total. The monoisotopic (exact) mass is 451 g/mol. The summed E-state index contributed by atoms with van der Waals surface area (Å²) in [5.74, 6) is 1.24. The predicted octanol–water partition coefficient (Wildman–Crippen LogP) is 6.91. The van der Waals surface area contributed by atoms with Crippen LogP contribution in [0.5, 0.6) is 0 Å². The number of rotatable bonds is 10. The Morgan fingerprint density at radius 1 is 0.719 bits per heavy atom. The van der Waals surface area contributed by atoms with E-state index in [1.807, 2.05) is 24.8 Å². The van der Waals surface area contributed by atoms with E-state index < -0.39 is 0 Å².